The molecule has 1 aliphatic carbocycles. The number of fused-ring (bicyclic) bond motifs is 2. The van der Waals surface area contributed by atoms with Gasteiger partial charge < -0.3 is 0 Å². The summed E-state index contributed by atoms with van der Waals surface area (Å²) in [6.45, 7) is 0. The van der Waals surface area contributed by atoms with E-state index in [1.54, 1.807) is 11.3 Å². The molecule has 0 saturated carbocycles. The van der Waals surface area contributed by atoms with E-state index in [-0.39, 0.29) is 5.91 Å². The molecule has 4 heteroatoms. The summed E-state index contributed by atoms with van der Waals surface area (Å²) in [5, 5.41) is 5.76. The molecular weight excluding hydrogens is 292 g/mol. The highest BCUT2D eigenvalue weighted by atomic mass is 32.1. The van der Waals surface area contributed by atoms with Crippen molar-refractivity contribution in [1.82, 2.24) is 4.98 Å². The largest absolute Gasteiger partial charge is 0.298 e. The van der Waals surface area contributed by atoms with E-state index in [1.165, 1.54) is 23.4 Å². The van der Waals surface area contributed by atoms with Gasteiger partial charge in [0.25, 0.3) is 5.91 Å². The molecule has 1 N–H and O–H groups in total. The van der Waals surface area contributed by atoms with Crippen molar-refractivity contribution in [2.24, 2.45) is 0 Å². The Morgan fingerprint density at radius 2 is 1.86 bits per heavy atom. The van der Waals surface area contributed by atoms with Crippen molar-refractivity contribution in [3.63, 3.8) is 0 Å². The number of anilines is 1. The first-order chi connectivity index (χ1) is 10.8. The van der Waals surface area contributed by atoms with Crippen LogP contribution in [0.3, 0.4) is 0 Å². The fraction of sp³-hybridized carbons (Fsp3) is 0.222. The Kier molecular flexibility index (Phi) is 3.39. The van der Waals surface area contributed by atoms with E-state index in [9.17, 15) is 4.79 Å². The maximum atomic E-state index is 12.6. The van der Waals surface area contributed by atoms with Crippen LogP contribution in [0.25, 0.3) is 10.8 Å². The third-order valence-electron chi connectivity index (χ3n) is 4.10. The number of hydrogen-bond acceptors (Lipinski definition) is 3. The zero-order valence-electron chi connectivity index (χ0n) is 12.1. The van der Waals surface area contributed by atoms with Gasteiger partial charge in [0, 0.05) is 10.4 Å². The number of carbonyl (C=O) groups excluding carboxylic acids is 1. The lowest BCUT2D eigenvalue weighted by Gasteiger charge is -2.06. The predicted molar refractivity (Wildman–Crippen MR) is 90.7 cm³/mol. The lowest BCUT2D eigenvalue weighted by Crippen LogP contribution is -2.12. The molecule has 1 heterocycles. The lowest BCUT2D eigenvalue weighted by atomic mass is 10.0. The van der Waals surface area contributed by atoms with E-state index in [0.717, 1.165) is 28.7 Å². The van der Waals surface area contributed by atoms with Gasteiger partial charge >= 0.3 is 0 Å². The smallest absolute Gasteiger partial charge is 0.258 e. The average molecular weight is 308 g/mol. The molecule has 0 fully saturated rings. The van der Waals surface area contributed by atoms with Gasteiger partial charge in [0.1, 0.15) is 0 Å². The van der Waals surface area contributed by atoms with E-state index in [1.807, 2.05) is 42.5 Å². The Labute approximate surface area is 133 Å². The molecule has 0 atom stereocenters. The number of benzene rings is 2. The number of aromatic nitrogens is 1. The third kappa shape index (κ3) is 2.40. The molecular formula is C18H16N2OS. The normalized spacial score (nSPS) is 13.8. The van der Waals surface area contributed by atoms with Crippen LogP contribution in [0.2, 0.25) is 0 Å². The first-order valence-electron chi connectivity index (χ1n) is 7.59. The number of nitrogens with zero attached hydrogens (tertiary/aromatic N) is 1. The molecule has 0 unspecified atom stereocenters. The minimum Gasteiger partial charge on any atom is -0.298 e. The maximum Gasteiger partial charge on any atom is 0.258 e. The average Bonchev–Trinajstić information content (AvgIpc) is 2.96. The molecule has 1 aromatic heterocycles. The van der Waals surface area contributed by atoms with E-state index >= 15 is 0 Å². The Bertz CT molecular complexity index is 824. The van der Waals surface area contributed by atoms with E-state index in [0.29, 0.717) is 5.56 Å². The molecule has 3 aromatic rings. The molecule has 0 saturated heterocycles. The highest BCUT2D eigenvalue weighted by molar-refractivity contribution is 7.15. The minimum atomic E-state index is -0.0807. The highest BCUT2D eigenvalue weighted by Gasteiger charge is 2.17. The molecule has 0 radical (unpaired) electrons. The molecule has 0 aliphatic heterocycles. The van der Waals surface area contributed by atoms with Crippen molar-refractivity contribution in [3.05, 3.63) is 58.6 Å². The van der Waals surface area contributed by atoms with Crippen LogP contribution in [0.15, 0.2) is 42.5 Å². The number of nitrogens with one attached hydrogen (secondary N) is 1. The van der Waals surface area contributed by atoms with Gasteiger partial charge in [-0.25, -0.2) is 4.98 Å². The molecule has 3 nitrogen and oxygen atoms in total. The molecule has 0 bridgehead atoms. The fourth-order valence-electron chi connectivity index (χ4n) is 2.99. The van der Waals surface area contributed by atoms with Crippen LogP contribution in [-0.2, 0) is 12.8 Å². The lowest BCUT2D eigenvalue weighted by molar-refractivity contribution is 0.102. The van der Waals surface area contributed by atoms with Crippen LogP contribution < -0.4 is 5.32 Å². The zero-order chi connectivity index (χ0) is 14.9. The summed E-state index contributed by atoms with van der Waals surface area (Å²) in [6.07, 6.45) is 4.56. The number of carbonyl (C=O) groups is 1. The molecule has 0 spiro atoms. The number of amides is 1. The van der Waals surface area contributed by atoms with Gasteiger partial charge in [-0.1, -0.05) is 36.4 Å². The van der Waals surface area contributed by atoms with Crippen LogP contribution in [0.5, 0.6) is 0 Å². The second-order valence-electron chi connectivity index (χ2n) is 5.58. The Hall–Kier alpha value is -2.20. The summed E-state index contributed by atoms with van der Waals surface area (Å²) in [5.41, 5.74) is 1.87. The number of hydrogen-bond donors (Lipinski definition) is 1. The summed E-state index contributed by atoms with van der Waals surface area (Å²) in [6, 6.07) is 13.8. The first kappa shape index (κ1) is 13.5. The number of thiazole rings is 1. The Morgan fingerprint density at radius 3 is 2.77 bits per heavy atom. The quantitative estimate of drug-likeness (QED) is 0.761. The monoisotopic (exact) mass is 308 g/mol. The third-order valence-corrected chi connectivity index (χ3v) is 5.17. The number of rotatable bonds is 2. The molecule has 110 valence electrons. The summed E-state index contributed by atoms with van der Waals surface area (Å²) in [5.74, 6) is -0.0807. The van der Waals surface area contributed by atoms with Gasteiger partial charge in [-0.3, -0.25) is 10.1 Å². The summed E-state index contributed by atoms with van der Waals surface area (Å²) in [7, 11) is 0. The van der Waals surface area contributed by atoms with Gasteiger partial charge in [-0.2, -0.15) is 0 Å². The van der Waals surface area contributed by atoms with Gasteiger partial charge in [-0.15, -0.1) is 11.3 Å². The molecule has 22 heavy (non-hydrogen) atoms. The standard InChI is InChI=1S/C18H16N2OS/c21-17(14-9-5-7-12-6-1-2-8-13(12)14)20-18-19-15-10-3-4-11-16(15)22-18/h1-2,5-9H,3-4,10-11H2,(H,19,20,21). The van der Waals surface area contributed by atoms with Crippen molar-refractivity contribution in [2.45, 2.75) is 25.7 Å². The second kappa shape index (κ2) is 5.54. The van der Waals surface area contributed by atoms with E-state index in [4.69, 9.17) is 0 Å². The van der Waals surface area contributed by atoms with Crippen LogP contribution in [0, 0.1) is 0 Å². The predicted octanol–water partition coefficient (Wildman–Crippen LogP) is 4.43. The van der Waals surface area contributed by atoms with Crippen molar-refractivity contribution in [2.75, 3.05) is 5.32 Å². The molecule has 1 aliphatic rings. The fourth-order valence-corrected chi connectivity index (χ4v) is 4.04. The molecule has 2 aromatic carbocycles. The van der Waals surface area contributed by atoms with Gasteiger partial charge in [0.2, 0.25) is 0 Å². The molecule has 1 amide bonds. The second-order valence-corrected chi connectivity index (χ2v) is 6.66. The van der Waals surface area contributed by atoms with Gasteiger partial charge in [0.05, 0.1) is 5.69 Å². The van der Waals surface area contributed by atoms with Crippen molar-refractivity contribution in [1.29, 1.82) is 0 Å². The summed E-state index contributed by atoms with van der Waals surface area (Å²) in [4.78, 5) is 18.5. The zero-order valence-corrected chi connectivity index (χ0v) is 13.0. The number of aryl methyl sites for hydroxylation is 2. The van der Waals surface area contributed by atoms with E-state index < -0.39 is 0 Å². The van der Waals surface area contributed by atoms with Crippen LogP contribution >= 0.6 is 11.3 Å². The van der Waals surface area contributed by atoms with E-state index in [2.05, 4.69) is 10.3 Å². The maximum absolute atomic E-state index is 12.6. The first-order valence-corrected chi connectivity index (χ1v) is 8.40. The van der Waals surface area contributed by atoms with Crippen LogP contribution in [0.4, 0.5) is 5.13 Å². The summed E-state index contributed by atoms with van der Waals surface area (Å²) >= 11 is 1.62. The van der Waals surface area contributed by atoms with Crippen LogP contribution in [0.1, 0.15) is 33.8 Å². The van der Waals surface area contributed by atoms with Crippen molar-refractivity contribution >= 4 is 33.1 Å². The highest BCUT2D eigenvalue weighted by Crippen LogP contribution is 2.30. The Morgan fingerprint density at radius 1 is 1.05 bits per heavy atom. The molecule has 4 rings (SSSR count). The Balaban J connectivity index is 1.65. The van der Waals surface area contributed by atoms with Gasteiger partial charge in [-0.05, 0) is 42.5 Å². The minimum absolute atomic E-state index is 0.0807. The topological polar surface area (TPSA) is 42.0 Å². The van der Waals surface area contributed by atoms with Gasteiger partial charge in [0.15, 0.2) is 5.13 Å². The SMILES string of the molecule is O=C(Nc1nc2c(s1)CCCC2)c1cccc2ccccc12. The van der Waals surface area contributed by atoms with Crippen molar-refractivity contribution < 1.29 is 4.79 Å². The summed E-state index contributed by atoms with van der Waals surface area (Å²) < 4.78 is 0. The van der Waals surface area contributed by atoms with Crippen molar-refractivity contribution in [3.8, 4) is 0 Å². The van der Waals surface area contributed by atoms with Crippen LogP contribution in [-0.4, -0.2) is 10.9 Å².